The molecule has 2 aliphatic heterocycles. The number of piperidine rings is 1. The van der Waals surface area contributed by atoms with E-state index >= 15 is 0 Å². The van der Waals surface area contributed by atoms with Crippen molar-refractivity contribution in [3.8, 4) is 0 Å². The van der Waals surface area contributed by atoms with Gasteiger partial charge in [-0.05, 0) is 37.3 Å². The summed E-state index contributed by atoms with van der Waals surface area (Å²) in [5, 5.41) is 11.8. The SMILES string of the molecule is O=C(O)C1CCN(C(=O)NCc2ccc(N3CCCCC3)nc2)C1. The van der Waals surface area contributed by atoms with Gasteiger partial charge in [0.1, 0.15) is 5.82 Å². The lowest BCUT2D eigenvalue weighted by Crippen LogP contribution is -2.38. The first-order chi connectivity index (χ1) is 11.6. The molecule has 2 amide bonds. The maximum absolute atomic E-state index is 12.1. The average molecular weight is 332 g/mol. The third kappa shape index (κ3) is 3.96. The monoisotopic (exact) mass is 332 g/mol. The van der Waals surface area contributed by atoms with Crippen LogP contribution < -0.4 is 10.2 Å². The Morgan fingerprint density at radius 1 is 1.21 bits per heavy atom. The van der Waals surface area contributed by atoms with Crippen molar-refractivity contribution < 1.29 is 14.7 Å². The Bertz CT molecular complexity index is 584. The fourth-order valence-corrected chi connectivity index (χ4v) is 3.27. The van der Waals surface area contributed by atoms with Crippen LogP contribution in [0, 0.1) is 5.92 Å². The van der Waals surface area contributed by atoms with Crippen molar-refractivity contribution in [1.29, 1.82) is 0 Å². The second kappa shape index (κ2) is 7.51. The number of amides is 2. The first-order valence-electron chi connectivity index (χ1n) is 8.59. The highest BCUT2D eigenvalue weighted by Gasteiger charge is 2.30. The molecule has 3 heterocycles. The predicted molar refractivity (Wildman–Crippen MR) is 89.9 cm³/mol. The van der Waals surface area contributed by atoms with Gasteiger partial charge in [-0.25, -0.2) is 9.78 Å². The van der Waals surface area contributed by atoms with Crippen LogP contribution in [0.4, 0.5) is 10.6 Å². The number of hydrogen-bond acceptors (Lipinski definition) is 4. The number of carboxylic acid groups (broad SMARTS) is 1. The fourth-order valence-electron chi connectivity index (χ4n) is 3.27. The van der Waals surface area contributed by atoms with Crippen molar-refractivity contribution in [2.24, 2.45) is 5.92 Å². The van der Waals surface area contributed by atoms with Gasteiger partial charge in [0.25, 0.3) is 0 Å². The molecule has 0 bridgehead atoms. The number of nitrogens with one attached hydrogen (secondary N) is 1. The Morgan fingerprint density at radius 3 is 2.62 bits per heavy atom. The molecule has 130 valence electrons. The van der Waals surface area contributed by atoms with Crippen LogP contribution in [0.15, 0.2) is 18.3 Å². The van der Waals surface area contributed by atoms with E-state index in [1.807, 2.05) is 12.1 Å². The standard InChI is InChI=1S/C17H24N4O3/c22-16(23)14-6-9-21(12-14)17(24)19-11-13-4-5-15(18-10-13)20-7-2-1-3-8-20/h4-5,10,14H,1-3,6-9,11-12H2,(H,19,24)(H,22,23). The molecule has 1 aromatic rings. The van der Waals surface area contributed by atoms with Gasteiger partial charge in [-0.1, -0.05) is 6.07 Å². The number of rotatable bonds is 4. The van der Waals surface area contributed by atoms with Crippen LogP contribution in [0.5, 0.6) is 0 Å². The predicted octanol–water partition coefficient (Wildman–Crippen LogP) is 1.69. The second-order valence-electron chi connectivity index (χ2n) is 6.50. The molecule has 3 rings (SSSR count). The quantitative estimate of drug-likeness (QED) is 0.876. The number of anilines is 1. The van der Waals surface area contributed by atoms with Gasteiger partial charge in [-0.2, -0.15) is 0 Å². The molecular weight excluding hydrogens is 308 g/mol. The first-order valence-corrected chi connectivity index (χ1v) is 8.59. The third-order valence-corrected chi connectivity index (χ3v) is 4.76. The van der Waals surface area contributed by atoms with Gasteiger partial charge in [0.15, 0.2) is 0 Å². The molecule has 0 spiro atoms. The highest BCUT2D eigenvalue weighted by Crippen LogP contribution is 2.18. The Hall–Kier alpha value is -2.31. The van der Waals surface area contributed by atoms with Crippen molar-refractivity contribution in [2.75, 3.05) is 31.1 Å². The van der Waals surface area contributed by atoms with E-state index in [4.69, 9.17) is 5.11 Å². The Kier molecular flexibility index (Phi) is 5.17. The van der Waals surface area contributed by atoms with Crippen molar-refractivity contribution >= 4 is 17.8 Å². The van der Waals surface area contributed by atoms with Crippen LogP contribution in [0.2, 0.25) is 0 Å². The fraction of sp³-hybridized carbons (Fsp3) is 0.588. The minimum absolute atomic E-state index is 0.209. The van der Waals surface area contributed by atoms with Gasteiger partial charge in [-0.15, -0.1) is 0 Å². The lowest BCUT2D eigenvalue weighted by molar-refractivity contribution is -0.141. The molecule has 2 N–H and O–H groups in total. The largest absolute Gasteiger partial charge is 0.481 e. The number of aromatic nitrogens is 1. The molecule has 1 atom stereocenters. The minimum Gasteiger partial charge on any atom is -0.481 e. The zero-order valence-electron chi connectivity index (χ0n) is 13.8. The number of pyridine rings is 1. The van der Waals surface area contributed by atoms with E-state index in [0.29, 0.717) is 19.5 Å². The summed E-state index contributed by atoms with van der Waals surface area (Å²) in [4.78, 5) is 31.4. The summed E-state index contributed by atoms with van der Waals surface area (Å²) in [6, 6.07) is 3.78. The summed E-state index contributed by atoms with van der Waals surface area (Å²) >= 11 is 0. The van der Waals surface area contributed by atoms with E-state index < -0.39 is 11.9 Å². The number of carbonyl (C=O) groups excluding carboxylic acids is 1. The van der Waals surface area contributed by atoms with Crippen LogP contribution in [0.3, 0.4) is 0 Å². The van der Waals surface area contributed by atoms with Crippen LogP contribution in [0.1, 0.15) is 31.2 Å². The van der Waals surface area contributed by atoms with E-state index in [2.05, 4.69) is 15.2 Å². The summed E-state index contributed by atoms with van der Waals surface area (Å²) in [6.45, 7) is 3.30. The average Bonchev–Trinajstić information content (AvgIpc) is 3.11. The van der Waals surface area contributed by atoms with Crippen LogP contribution in [-0.4, -0.2) is 53.2 Å². The summed E-state index contributed by atoms with van der Waals surface area (Å²) < 4.78 is 0. The zero-order valence-corrected chi connectivity index (χ0v) is 13.8. The molecule has 24 heavy (non-hydrogen) atoms. The normalized spacial score (nSPS) is 20.9. The van der Waals surface area contributed by atoms with Crippen LogP contribution in [0.25, 0.3) is 0 Å². The van der Waals surface area contributed by atoms with Crippen LogP contribution in [-0.2, 0) is 11.3 Å². The molecule has 7 nitrogen and oxygen atoms in total. The summed E-state index contributed by atoms with van der Waals surface area (Å²) in [7, 11) is 0. The number of urea groups is 1. The first kappa shape index (κ1) is 16.5. The smallest absolute Gasteiger partial charge is 0.317 e. The van der Waals surface area contributed by atoms with Crippen molar-refractivity contribution in [2.45, 2.75) is 32.2 Å². The van der Waals surface area contributed by atoms with Crippen molar-refractivity contribution in [1.82, 2.24) is 15.2 Å². The lowest BCUT2D eigenvalue weighted by Gasteiger charge is -2.27. The number of hydrogen-bond donors (Lipinski definition) is 2. The molecule has 1 aromatic heterocycles. The van der Waals surface area contributed by atoms with Crippen LogP contribution >= 0.6 is 0 Å². The molecule has 2 fully saturated rings. The van der Waals surface area contributed by atoms with Gasteiger partial charge in [-0.3, -0.25) is 4.79 Å². The van der Waals surface area contributed by atoms with Gasteiger partial charge >= 0.3 is 12.0 Å². The summed E-state index contributed by atoms with van der Waals surface area (Å²) in [5.74, 6) is -0.280. The zero-order chi connectivity index (χ0) is 16.9. The molecule has 0 saturated carbocycles. The molecule has 2 aliphatic rings. The molecule has 0 aliphatic carbocycles. The Balaban J connectivity index is 1.48. The maximum Gasteiger partial charge on any atom is 0.317 e. The third-order valence-electron chi connectivity index (χ3n) is 4.76. The number of nitrogens with zero attached hydrogens (tertiary/aromatic N) is 3. The van der Waals surface area contributed by atoms with Gasteiger partial charge in [0.2, 0.25) is 0 Å². The number of carboxylic acids is 1. The summed E-state index contributed by atoms with van der Waals surface area (Å²) in [6.07, 6.45) is 6.04. The topological polar surface area (TPSA) is 85.8 Å². The Morgan fingerprint density at radius 2 is 2.00 bits per heavy atom. The second-order valence-corrected chi connectivity index (χ2v) is 6.50. The van der Waals surface area contributed by atoms with E-state index in [9.17, 15) is 9.59 Å². The molecule has 2 saturated heterocycles. The van der Waals surface area contributed by atoms with Gasteiger partial charge < -0.3 is 20.2 Å². The highest BCUT2D eigenvalue weighted by molar-refractivity contribution is 5.77. The Labute approximate surface area is 141 Å². The van der Waals surface area contributed by atoms with E-state index in [1.165, 1.54) is 19.3 Å². The molecular formula is C17H24N4O3. The van der Waals surface area contributed by atoms with Crippen molar-refractivity contribution in [3.05, 3.63) is 23.9 Å². The lowest BCUT2D eigenvalue weighted by atomic mass is 10.1. The van der Waals surface area contributed by atoms with Gasteiger partial charge in [0.05, 0.1) is 5.92 Å². The van der Waals surface area contributed by atoms with Crippen molar-refractivity contribution in [3.63, 3.8) is 0 Å². The van der Waals surface area contributed by atoms with E-state index in [0.717, 1.165) is 24.5 Å². The summed E-state index contributed by atoms with van der Waals surface area (Å²) in [5.41, 5.74) is 0.943. The number of aliphatic carboxylic acids is 1. The molecule has 0 aromatic carbocycles. The molecule has 7 heteroatoms. The maximum atomic E-state index is 12.1. The van der Waals surface area contributed by atoms with E-state index in [1.54, 1.807) is 11.1 Å². The number of carbonyl (C=O) groups is 2. The molecule has 1 unspecified atom stereocenters. The van der Waals surface area contributed by atoms with E-state index in [-0.39, 0.29) is 12.6 Å². The van der Waals surface area contributed by atoms with Gasteiger partial charge in [0, 0.05) is 38.9 Å². The minimum atomic E-state index is -0.831. The molecule has 0 radical (unpaired) electrons. The number of likely N-dealkylation sites (tertiary alicyclic amines) is 1. The highest BCUT2D eigenvalue weighted by atomic mass is 16.4.